The third-order valence-corrected chi connectivity index (χ3v) is 12.2. The van der Waals surface area contributed by atoms with Crippen LogP contribution in [-0.4, -0.2) is 98.9 Å². The summed E-state index contributed by atoms with van der Waals surface area (Å²) in [6, 6.07) is 22.5. The summed E-state index contributed by atoms with van der Waals surface area (Å²) in [7, 11) is 1.45. The molecule has 9 rings (SSSR count). The van der Waals surface area contributed by atoms with Crippen LogP contribution in [0.4, 0.5) is 11.5 Å². The summed E-state index contributed by atoms with van der Waals surface area (Å²) in [6.45, 7) is 3.72. The van der Waals surface area contributed by atoms with Gasteiger partial charge in [0.05, 0.1) is 22.6 Å². The van der Waals surface area contributed by atoms with Gasteiger partial charge < -0.3 is 25.5 Å². The minimum Gasteiger partial charge on any atom is -0.457 e. The van der Waals surface area contributed by atoms with Gasteiger partial charge in [-0.3, -0.25) is 24.2 Å². The SMILES string of the molecule is CNC(=O)C(CCC=O)N1C(=O)c2ccc(N3CC(N4CCC5(CC4)CC(n4nc(-c6ccc(Oc7ccccc7)cc6)c6c(N)ncnc64)C5)C3)cc2C1=O. The van der Waals surface area contributed by atoms with Crippen LogP contribution in [-0.2, 0) is 9.59 Å². The maximum absolute atomic E-state index is 13.4. The largest absolute Gasteiger partial charge is 0.457 e. The zero-order valence-corrected chi connectivity index (χ0v) is 31.1. The minimum absolute atomic E-state index is 0.0695. The van der Waals surface area contributed by atoms with Crippen molar-refractivity contribution >= 4 is 46.5 Å². The Bertz CT molecular complexity index is 2320. The fourth-order valence-electron chi connectivity index (χ4n) is 9.04. The first-order valence-corrected chi connectivity index (χ1v) is 19.2. The molecule has 3 aliphatic heterocycles. The molecule has 56 heavy (non-hydrogen) atoms. The number of para-hydroxylation sites is 1. The van der Waals surface area contributed by atoms with Crippen LogP contribution in [0.1, 0.15) is 65.3 Å². The van der Waals surface area contributed by atoms with Crippen LogP contribution < -0.4 is 20.7 Å². The average Bonchev–Trinajstić information content (AvgIpc) is 3.69. The van der Waals surface area contributed by atoms with E-state index in [1.54, 1.807) is 12.1 Å². The Labute approximate surface area is 323 Å². The van der Waals surface area contributed by atoms with Crippen LogP contribution >= 0.6 is 0 Å². The van der Waals surface area contributed by atoms with Crippen molar-refractivity contribution in [3.63, 3.8) is 0 Å². The van der Waals surface area contributed by atoms with Crippen molar-refractivity contribution in [1.82, 2.24) is 34.9 Å². The van der Waals surface area contributed by atoms with Gasteiger partial charge in [-0.15, -0.1) is 0 Å². The molecule has 286 valence electrons. The summed E-state index contributed by atoms with van der Waals surface area (Å²) in [6.07, 6.45) is 6.67. The molecule has 14 nitrogen and oxygen atoms in total. The zero-order chi connectivity index (χ0) is 38.6. The fraction of sp³-hybridized carbons (Fsp3) is 0.357. The number of aldehydes is 1. The number of nitrogens with one attached hydrogen (secondary N) is 1. The topological polar surface area (TPSA) is 169 Å². The molecule has 3 fully saturated rings. The van der Waals surface area contributed by atoms with E-state index in [1.807, 2.05) is 60.7 Å². The molecule has 1 spiro atoms. The molecule has 3 N–H and O–H groups in total. The third kappa shape index (κ3) is 6.13. The lowest BCUT2D eigenvalue weighted by molar-refractivity contribution is -0.124. The minimum atomic E-state index is -1.03. The van der Waals surface area contributed by atoms with Gasteiger partial charge in [-0.2, -0.15) is 5.10 Å². The second-order valence-corrected chi connectivity index (χ2v) is 15.4. The summed E-state index contributed by atoms with van der Waals surface area (Å²) >= 11 is 0. The number of likely N-dealkylation sites (tertiary alicyclic amines) is 1. The summed E-state index contributed by atoms with van der Waals surface area (Å²) in [5, 5.41) is 8.40. The Morgan fingerprint density at radius 2 is 1.66 bits per heavy atom. The molecule has 0 radical (unpaired) electrons. The van der Waals surface area contributed by atoms with Crippen LogP contribution in [0.3, 0.4) is 0 Å². The molecular weight excluding hydrogens is 711 g/mol. The number of nitrogens with zero attached hydrogens (tertiary/aromatic N) is 7. The van der Waals surface area contributed by atoms with E-state index >= 15 is 0 Å². The highest BCUT2D eigenvalue weighted by Crippen LogP contribution is 2.56. The van der Waals surface area contributed by atoms with Gasteiger partial charge in [0.1, 0.15) is 41.7 Å². The van der Waals surface area contributed by atoms with Crippen molar-refractivity contribution in [3.05, 3.63) is 90.3 Å². The van der Waals surface area contributed by atoms with Crippen molar-refractivity contribution < 1.29 is 23.9 Å². The molecule has 14 heteroatoms. The first-order valence-electron chi connectivity index (χ1n) is 19.2. The van der Waals surface area contributed by atoms with Crippen LogP contribution in [0.2, 0.25) is 0 Å². The first kappa shape index (κ1) is 35.5. The highest BCUT2D eigenvalue weighted by molar-refractivity contribution is 6.23. The molecule has 2 saturated heterocycles. The third-order valence-electron chi connectivity index (χ3n) is 12.2. The van der Waals surface area contributed by atoms with E-state index in [-0.39, 0.29) is 29.9 Å². The van der Waals surface area contributed by atoms with E-state index < -0.39 is 23.8 Å². The predicted molar refractivity (Wildman–Crippen MR) is 209 cm³/mol. The number of ether oxygens (including phenoxy) is 1. The zero-order valence-electron chi connectivity index (χ0n) is 31.1. The number of fused-ring (bicyclic) bond motifs is 2. The molecule has 1 unspecified atom stereocenters. The number of piperidine rings is 1. The number of rotatable bonds is 11. The number of carbonyl (C=O) groups excluding carboxylic acids is 4. The Morgan fingerprint density at radius 1 is 0.946 bits per heavy atom. The highest BCUT2D eigenvalue weighted by atomic mass is 16.5. The molecule has 5 aromatic rings. The van der Waals surface area contributed by atoms with E-state index in [4.69, 9.17) is 15.6 Å². The molecule has 1 aliphatic carbocycles. The van der Waals surface area contributed by atoms with E-state index in [1.165, 1.54) is 13.4 Å². The first-order chi connectivity index (χ1) is 27.3. The molecule has 5 heterocycles. The number of nitrogens with two attached hydrogens (primary N) is 1. The van der Waals surface area contributed by atoms with Gasteiger partial charge in [0.15, 0.2) is 5.65 Å². The van der Waals surface area contributed by atoms with Gasteiger partial charge in [0.25, 0.3) is 11.8 Å². The maximum atomic E-state index is 13.4. The number of carbonyl (C=O) groups is 4. The van der Waals surface area contributed by atoms with Crippen LogP contribution in [0.5, 0.6) is 11.5 Å². The lowest BCUT2D eigenvalue weighted by atomic mass is 9.60. The Balaban J connectivity index is 0.817. The highest BCUT2D eigenvalue weighted by Gasteiger charge is 2.49. The summed E-state index contributed by atoms with van der Waals surface area (Å²) in [4.78, 5) is 65.0. The lowest BCUT2D eigenvalue weighted by Gasteiger charge is -2.55. The number of amides is 3. The number of hydrogen-bond acceptors (Lipinski definition) is 11. The molecular formula is C42H43N9O5. The number of hydrogen-bond donors (Lipinski definition) is 2. The number of benzene rings is 3. The second-order valence-electron chi connectivity index (χ2n) is 15.4. The summed E-state index contributed by atoms with van der Waals surface area (Å²) < 4.78 is 8.07. The second kappa shape index (κ2) is 14.2. The van der Waals surface area contributed by atoms with Crippen molar-refractivity contribution in [2.75, 3.05) is 43.9 Å². The molecule has 0 bridgehead atoms. The molecule has 1 atom stereocenters. The van der Waals surface area contributed by atoms with Gasteiger partial charge >= 0.3 is 0 Å². The van der Waals surface area contributed by atoms with Crippen LogP contribution in [0.15, 0.2) is 79.1 Å². The van der Waals surface area contributed by atoms with Gasteiger partial charge in [0, 0.05) is 43.9 Å². The lowest BCUT2D eigenvalue weighted by Crippen LogP contribution is -2.62. The van der Waals surface area contributed by atoms with Gasteiger partial charge in [-0.05, 0) is 105 Å². The van der Waals surface area contributed by atoms with E-state index in [0.717, 1.165) is 96.2 Å². The quantitative estimate of drug-likeness (QED) is 0.140. The number of imide groups is 1. The Kier molecular flexibility index (Phi) is 8.99. The number of aromatic nitrogens is 4. The van der Waals surface area contributed by atoms with Gasteiger partial charge in [-0.1, -0.05) is 18.2 Å². The van der Waals surface area contributed by atoms with Gasteiger partial charge in [-0.25, -0.2) is 14.6 Å². The molecule has 4 aliphatic rings. The summed E-state index contributed by atoms with van der Waals surface area (Å²) in [5.74, 6) is 0.460. The number of nitrogen functional groups attached to an aromatic ring is 1. The number of anilines is 2. The smallest absolute Gasteiger partial charge is 0.262 e. The van der Waals surface area contributed by atoms with Crippen molar-refractivity contribution in [3.8, 4) is 22.8 Å². The van der Waals surface area contributed by atoms with Crippen molar-refractivity contribution in [2.24, 2.45) is 5.41 Å². The molecule has 2 aromatic heterocycles. The molecule has 1 saturated carbocycles. The normalized spacial score (nSPS) is 18.8. The monoisotopic (exact) mass is 753 g/mol. The predicted octanol–water partition coefficient (Wildman–Crippen LogP) is 4.86. The van der Waals surface area contributed by atoms with Crippen molar-refractivity contribution in [1.29, 1.82) is 0 Å². The Morgan fingerprint density at radius 3 is 2.38 bits per heavy atom. The molecule has 3 aromatic carbocycles. The standard InChI is InChI=1S/C42H43N9O5/c1-44-39(53)34(8-5-19-52)50-40(54)32-14-11-27(20-33(32)41(50)55)49-23-29(24-49)48-17-15-42(16-18-48)21-28(22-42)51-38-35(37(43)45-25-46-38)36(47-51)26-9-12-31(13-10-26)56-30-6-3-2-4-7-30/h2-4,6-7,9-14,19-20,25,28-29,34H,5,8,15-18,21-24H2,1H3,(H,44,53)(H2,43,45,46). The van der Waals surface area contributed by atoms with Crippen molar-refractivity contribution in [2.45, 2.75) is 56.7 Å². The van der Waals surface area contributed by atoms with E-state index in [2.05, 4.69) is 29.8 Å². The van der Waals surface area contributed by atoms with Crippen LogP contribution in [0.25, 0.3) is 22.3 Å². The van der Waals surface area contributed by atoms with E-state index in [0.29, 0.717) is 23.7 Å². The maximum Gasteiger partial charge on any atom is 0.262 e. The van der Waals surface area contributed by atoms with E-state index in [9.17, 15) is 19.2 Å². The average molecular weight is 754 g/mol. The van der Waals surface area contributed by atoms with Gasteiger partial charge in [0.2, 0.25) is 5.91 Å². The number of likely N-dealkylation sites (N-methyl/N-ethyl adjacent to an activating group) is 1. The summed E-state index contributed by atoms with van der Waals surface area (Å²) in [5.41, 5.74) is 10.6. The Hall–Kier alpha value is -6.15. The fourth-order valence-corrected chi connectivity index (χ4v) is 9.04. The van der Waals surface area contributed by atoms with Crippen LogP contribution in [0, 0.1) is 5.41 Å². The molecule has 3 amide bonds.